The number of carboxylic acids is 1. The smallest absolute Gasteiger partial charge is 0.305 e. The Hall–Kier alpha value is -3.94. The topological polar surface area (TPSA) is 118 Å². The molecule has 31 heavy (non-hydrogen) atoms. The van der Waals surface area contributed by atoms with Crippen LogP contribution in [0, 0.1) is 0 Å². The van der Waals surface area contributed by atoms with Crippen molar-refractivity contribution in [1.29, 1.82) is 0 Å². The van der Waals surface area contributed by atoms with Crippen LogP contribution in [-0.2, 0) is 20.9 Å². The average molecular weight is 421 g/mol. The highest BCUT2D eigenvalue weighted by atomic mass is 16.4. The standard InChI is InChI=1S/C23H23N3O5/c1-15(22(30)25-18(14-27)12-21(28)29)24-23(31)20-11-17-9-5-6-10-19(17)26(20)13-16-7-3-2-4-8-16/h2-11,14-15,18H,12-13H2,1H3,(H,24,31)(H,25,30)(H,28,29)/t15?,18-/m1/s1. The number of hydrogen-bond donors (Lipinski definition) is 3. The quantitative estimate of drug-likeness (QED) is 0.457. The summed E-state index contributed by atoms with van der Waals surface area (Å²) in [6.45, 7) is 1.95. The molecule has 3 rings (SSSR count). The van der Waals surface area contributed by atoms with Crippen molar-refractivity contribution in [3.8, 4) is 0 Å². The Bertz CT molecular complexity index is 1110. The first-order valence-electron chi connectivity index (χ1n) is 9.79. The normalized spacial score (nSPS) is 12.7. The first kappa shape index (κ1) is 21.8. The van der Waals surface area contributed by atoms with E-state index in [1.807, 2.05) is 59.2 Å². The number of nitrogens with zero attached hydrogens (tertiary/aromatic N) is 1. The van der Waals surface area contributed by atoms with Crippen molar-refractivity contribution in [2.24, 2.45) is 0 Å². The molecular weight excluding hydrogens is 398 g/mol. The molecule has 0 aliphatic heterocycles. The molecule has 0 radical (unpaired) electrons. The fourth-order valence-electron chi connectivity index (χ4n) is 3.30. The number of benzene rings is 2. The van der Waals surface area contributed by atoms with Gasteiger partial charge in [-0.15, -0.1) is 0 Å². The Kier molecular flexibility index (Phi) is 6.81. The summed E-state index contributed by atoms with van der Waals surface area (Å²) in [7, 11) is 0. The first-order valence-corrected chi connectivity index (χ1v) is 9.79. The van der Waals surface area contributed by atoms with Gasteiger partial charge in [0.05, 0.1) is 12.5 Å². The number of nitrogens with one attached hydrogen (secondary N) is 2. The number of carbonyl (C=O) groups excluding carboxylic acids is 3. The van der Waals surface area contributed by atoms with Crippen molar-refractivity contribution < 1.29 is 24.3 Å². The lowest BCUT2D eigenvalue weighted by atomic mass is 10.2. The summed E-state index contributed by atoms with van der Waals surface area (Å²) >= 11 is 0. The third kappa shape index (κ3) is 5.36. The van der Waals surface area contributed by atoms with Crippen molar-refractivity contribution >= 4 is 35.0 Å². The minimum atomic E-state index is -1.21. The fraction of sp³-hybridized carbons (Fsp3) is 0.217. The molecular formula is C23H23N3O5. The van der Waals surface area contributed by atoms with E-state index in [1.54, 1.807) is 6.07 Å². The lowest BCUT2D eigenvalue weighted by molar-refractivity contribution is -0.138. The molecule has 0 aliphatic carbocycles. The van der Waals surface area contributed by atoms with E-state index in [4.69, 9.17) is 5.11 Å². The summed E-state index contributed by atoms with van der Waals surface area (Å²) in [6.07, 6.45) is -0.167. The van der Waals surface area contributed by atoms with Gasteiger partial charge in [0.15, 0.2) is 0 Å². The Morgan fingerprint density at radius 3 is 2.39 bits per heavy atom. The molecule has 3 N–H and O–H groups in total. The zero-order valence-corrected chi connectivity index (χ0v) is 16.9. The predicted molar refractivity (Wildman–Crippen MR) is 115 cm³/mol. The van der Waals surface area contributed by atoms with Crippen molar-refractivity contribution in [3.63, 3.8) is 0 Å². The molecule has 8 nitrogen and oxygen atoms in total. The fourth-order valence-corrected chi connectivity index (χ4v) is 3.30. The van der Waals surface area contributed by atoms with Crippen molar-refractivity contribution in [3.05, 3.63) is 71.9 Å². The van der Waals surface area contributed by atoms with Gasteiger partial charge in [-0.1, -0.05) is 48.5 Å². The van der Waals surface area contributed by atoms with Gasteiger partial charge in [-0.05, 0) is 24.6 Å². The highest BCUT2D eigenvalue weighted by Crippen LogP contribution is 2.21. The molecule has 8 heteroatoms. The van der Waals surface area contributed by atoms with Crippen LogP contribution in [0.1, 0.15) is 29.4 Å². The number of para-hydroxylation sites is 1. The van der Waals surface area contributed by atoms with Crippen LogP contribution in [0.2, 0.25) is 0 Å². The third-order valence-electron chi connectivity index (χ3n) is 4.85. The van der Waals surface area contributed by atoms with E-state index in [0.29, 0.717) is 18.5 Å². The van der Waals surface area contributed by atoms with Gasteiger partial charge in [-0.2, -0.15) is 0 Å². The minimum Gasteiger partial charge on any atom is -0.481 e. The average Bonchev–Trinajstić information content (AvgIpc) is 3.12. The molecule has 1 unspecified atom stereocenters. The number of amides is 2. The highest BCUT2D eigenvalue weighted by molar-refractivity contribution is 6.01. The second-order valence-corrected chi connectivity index (χ2v) is 7.20. The van der Waals surface area contributed by atoms with Crippen LogP contribution in [0.3, 0.4) is 0 Å². The molecule has 0 aliphatic rings. The van der Waals surface area contributed by atoms with E-state index in [2.05, 4.69) is 10.6 Å². The van der Waals surface area contributed by atoms with Crippen LogP contribution in [0.5, 0.6) is 0 Å². The number of aromatic nitrogens is 1. The molecule has 0 fully saturated rings. The number of rotatable bonds is 9. The molecule has 3 aromatic rings. The van der Waals surface area contributed by atoms with Crippen molar-refractivity contribution in [2.75, 3.05) is 0 Å². The van der Waals surface area contributed by atoms with E-state index >= 15 is 0 Å². The van der Waals surface area contributed by atoms with E-state index in [9.17, 15) is 19.2 Å². The van der Waals surface area contributed by atoms with Crippen molar-refractivity contribution in [1.82, 2.24) is 15.2 Å². The monoisotopic (exact) mass is 421 g/mol. The van der Waals surface area contributed by atoms with Gasteiger partial charge in [-0.3, -0.25) is 14.4 Å². The number of aldehydes is 1. The minimum absolute atomic E-state index is 0.359. The van der Waals surface area contributed by atoms with E-state index < -0.39 is 36.3 Å². The summed E-state index contributed by atoms with van der Waals surface area (Å²) in [6, 6.07) is 16.9. The Morgan fingerprint density at radius 1 is 1.03 bits per heavy atom. The number of carbonyl (C=O) groups is 4. The molecule has 160 valence electrons. The highest BCUT2D eigenvalue weighted by Gasteiger charge is 2.23. The van der Waals surface area contributed by atoms with Gasteiger partial charge in [-0.25, -0.2) is 0 Å². The predicted octanol–water partition coefficient (Wildman–Crippen LogP) is 1.97. The summed E-state index contributed by atoms with van der Waals surface area (Å²) in [4.78, 5) is 47.1. The summed E-state index contributed by atoms with van der Waals surface area (Å²) in [5.74, 6) is -2.30. The maximum Gasteiger partial charge on any atom is 0.305 e. The number of fused-ring (bicyclic) bond motifs is 1. The molecule has 0 saturated heterocycles. The maximum absolute atomic E-state index is 13.0. The van der Waals surface area contributed by atoms with Crippen LogP contribution in [0.4, 0.5) is 0 Å². The molecule has 1 aromatic heterocycles. The van der Waals surface area contributed by atoms with E-state index in [0.717, 1.165) is 16.5 Å². The van der Waals surface area contributed by atoms with Gasteiger partial charge >= 0.3 is 5.97 Å². The lowest BCUT2D eigenvalue weighted by Crippen LogP contribution is -2.49. The van der Waals surface area contributed by atoms with E-state index in [1.165, 1.54) is 6.92 Å². The number of carboxylic acid groups (broad SMARTS) is 1. The molecule has 1 heterocycles. The summed E-state index contributed by atoms with van der Waals surface area (Å²) in [5, 5.41) is 14.6. The zero-order chi connectivity index (χ0) is 22.4. The van der Waals surface area contributed by atoms with Gasteiger partial charge < -0.3 is 25.1 Å². The molecule has 0 bridgehead atoms. The lowest BCUT2D eigenvalue weighted by Gasteiger charge is -2.17. The van der Waals surface area contributed by atoms with Crippen LogP contribution < -0.4 is 10.6 Å². The number of aliphatic carboxylic acids is 1. The Labute approximate surface area is 178 Å². The van der Waals surface area contributed by atoms with Crippen LogP contribution >= 0.6 is 0 Å². The van der Waals surface area contributed by atoms with Crippen LogP contribution in [0.25, 0.3) is 10.9 Å². The van der Waals surface area contributed by atoms with E-state index in [-0.39, 0.29) is 0 Å². The molecule has 2 atom stereocenters. The second kappa shape index (κ2) is 9.71. The van der Waals surface area contributed by atoms with Gasteiger partial charge in [0, 0.05) is 17.4 Å². The van der Waals surface area contributed by atoms with Gasteiger partial charge in [0.1, 0.15) is 18.0 Å². The maximum atomic E-state index is 13.0. The first-order chi connectivity index (χ1) is 14.9. The molecule has 0 saturated carbocycles. The largest absolute Gasteiger partial charge is 0.481 e. The molecule has 0 spiro atoms. The van der Waals surface area contributed by atoms with Crippen LogP contribution in [-0.4, -0.2) is 45.8 Å². The molecule has 2 aromatic carbocycles. The Balaban J connectivity index is 1.80. The number of hydrogen-bond acceptors (Lipinski definition) is 4. The third-order valence-corrected chi connectivity index (χ3v) is 4.85. The summed E-state index contributed by atoms with van der Waals surface area (Å²) < 4.78 is 1.88. The van der Waals surface area contributed by atoms with Gasteiger partial charge in [0.2, 0.25) is 5.91 Å². The Morgan fingerprint density at radius 2 is 1.71 bits per heavy atom. The molecule has 2 amide bonds. The van der Waals surface area contributed by atoms with Crippen LogP contribution in [0.15, 0.2) is 60.7 Å². The van der Waals surface area contributed by atoms with Crippen molar-refractivity contribution in [2.45, 2.75) is 32.0 Å². The SMILES string of the molecule is CC(NC(=O)c1cc2ccccc2n1Cc1ccccc1)C(=O)N[C@@H](C=O)CC(=O)O. The zero-order valence-electron chi connectivity index (χ0n) is 16.9. The van der Waals surface area contributed by atoms with Gasteiger partial charge in [0.25, 0.3) is 5.91 Å². The summed E-state index contributed by atoms with van der Waals surface area (Å²) in [5.41, 5.74) is 2.30. The second-order valence-electron chi connectivity index (χ2n) is 7.20.